The molecule has 0 saturated carbocycles. The quantitative estimate of drug-likeness (QED) is 0.533. The lowest BCUT2D eigenvalue weighted by Gasteiger charge is -2.08. The zero-order valence-electron chi connectivity index (χ0n) is 7.22. The fraction of sp³-hybridized carbons (Fsp3) is 1.00. The number of rotatable bonds is 6. The first kappa shape index (κ1) is 10.4. The highest BCUT2D eigenvalue weighted by atomic mass is 28.3. The van der Waals surface area contributed by atoms with E-state index in [9.17, 15) is 0 Å². The van der Waals surface area contributed by atoms with Crippen LogP contribution in [0, 0.1) is 0 Å². The van der Waals surface area contributed by atoms with Crippen molar-refractivity contribution in [1.29, 1.82) is 0 Å². The Morgan fingerprint density at radius 2 is 1.50 bits per heavy atom. The molecule has 0 heterocycles. The van der Waals surface area contributed by atoms with Gasteiger partial charge in [0.2, 0.25) is 0 Å². The van der Waals surface area contributed by atoms with Crippen LogP contribution >= 0.6 is 0 Å². The van der Waals surface area contributed by atoms with Crippen molar-refractivity contribution in [2.24, 2.45) is 0 Å². The first-order chi connectivity index (χ1) is 4.81. The highest BCUT2D eigenvalue weighted by molar-refractivity contribution is 6.51. The Hall–Kier alpha value is 0.354. The Morgan fingerprint density at radius 1 is 1.10 bits per heavy atom. The van der Waals surface area contributed by atoms with Gasteiger partial charge in [0, 0.05) is 13.2 Å². The summed E-state index contributed by atoms with van der Waals surface area (Å²) in [6, 6.07) is 0. The Labute approximate surface area is 68.2 Å². The predicted octanol–water partition coefficient (Wildman–Crippen LogP) is -0.00710. The van der Waals surface area contributed by atoms with Crippen LogP contribution in [-0.2, 0) is 8.85 Å². The molecule has 0 N–H and O–H groups in total. The second kappa shape index (κ2) is 7.46. The van der Waals surface area contributed by atoms with Crippen molar-refractivity contribution in [2.75, 3.05) is 13.2 Å². The molecular weight excluding hydrogens is 160 g/mol. The minimum absolute atomic E-state index is 0.248. The molecule has 4 heteroatoms. The SMILES string of the molecule is CCO[SiH2]C(C)[SiH2]OCC. The van der Waals surface area contributed by atoms with Crippen LogP contribution in [0.1, 0.15) is 20.8 Å². The third kappa shape index (κ3) is 6.47. The van der Waals surface area contributed by atoms with Gasteiger partial charge in [0.25, 0.3) is 0 Å². The molecular formula is C6H18O2Si2. The van der Waals surface area contributed by atoms with E-state index in [4.69, 9.17) is 8.85 Å². The molecule has 0 aromatic carbocycles. The van der Waals surface area contributed by atoms with Crippen LogP contribution < -0.4 is 0 Å². The topological polar surface area (TPSA) is 18.5 Å². The molecule has 0 aromatic heterocycles. The lowest BCUT2D eigenvalue weighted by Crippen LogP contribution is -2.14. The Morgan fingerprint density at radius 3 is 1.80 bits per heavy atom. The van der Waals surface area contributed by atoms with E-state index in [0.717, 1.165) is 18.4 Å². The van der Waals surface area contributed by atoms with Crippen molar-refractivity contribution < 1.29 is 8.85 Å². The average molecular weight is 178 g/mol. The maximum absolute atomic E-state index is 5.39. The first-order valence-electron chi connectivity index (χ1n) is 3.96. The minimum atomic E-state index is -0.248. The molecule has 0 atom stereocenters. The van der Waals surface area contributed by atoms with Gasteiger partial charge in [0.15, 0.2) is 19.5 Å². The van der Waals surface area contributed by atoms with Crippen molar-refractivity contribution in [3.63, 3.8) is 0 Å². The van der Waals surface area contributed by atoms with E-state index in [0.29, 0.717) is 0 Å². The van der Waals surface area contributed by atoms with Crippen LogP contribution in [0.25, 0.3) is 0 Å². The maximum Gasteiger partial charge on any atom is 0.163 e. The third-order valence-electron chi connectivity index (χ3n) is 1.21. The molecule has 0 spiro atoms. The molecule has 62 valence electrons. The highest BCUT2D eigenvalue weighted by Gasteiger charge is 2.02. The monoisotopic (exact) mass is 178 g/mol. The van der Waals surface area contributed by atoms with Crippen molar-refractivity contribution in [3.8, 4) is 0 Å². The second-order valence-corrected chi connectivity index (χ2v) is 7.85. The summed E-state index contributed by atoms with van der Waals surface area (Å²) in [5, 5.41) is 0.805. The zero-order valence-corrected chi connectivity index (χ0v) is 10.1. The van der Waals surface area contributed by atoms with Gasteiger partial charge in [-0.1, -0.05) is 6.92 Å². The van der Waals surface area contributed by atoms with Crippen molar-refractivity contribution >= 4 is 19.5 Å². The van der Waals surface area contributed by atoms with Crippen LogP contribution in [0.5, 0.6) is 0 Å². The van der Waals surface area contributed by atoms with E-state index in [1.807, 2.05) is 0 Å². The van der Waals surface area contributed by atoms with Gasteiger partial charge in [0.05, 0.1) is 0 Å². The molecule has 0 aliphatic carbocycles. The summed E-state index contributed by atoms with van der Waals surface area (Å²) in [5.74, 6) is 0. The summed E-state index contributed by atoms with van der Waals surface area (Å²) in [5.41, 5.74) is 0. The van der Waals surface area contributed by atoms with Gasteiger partial charge >= 0.3 is 0 Å². The van der Waals surface area contributed by atoms with E-state index < -0.39 is 0 Å². The van der Waals surface area contributed by atoms with E-state index in [1.54, 1.807) is 0 Å². The van der Waals surface area contributed by atoms with Gasteiger partial charge in [-0.2, -0.15) is 0 Å². The third-order valence-corrected chi connectivity index (χ3v) is 5.05. The predicted molar refractivity (Wildman–Crippen MR) is 49.8 cm³/mol. The molecule has 0 aromatic rings. The van der Waals surface area contributed by atoms with E-state index in [2.05, 4.69) is 20.8 Å². The largest absolute Gasteiger partial charge is 0.424 e. The van der Waals surface area contributed by atoms with Gasteiger partial charge < -0.3 is 8.85 Å². The normalized spacial score (nSPS) is 15.9. The van der Waals surface area contributed by atoms with Crippen molar-refractivity contribution in [2.45, 2.75) is 25.9 Å². The fourth-order valence-corrected chi connectivity index (χ4v) is 3.35. The van der Waals surface area contributed by atoms with Gasteiger partial charge in [-0.25, -0.2) is 0 Å². The standard InChI is InChI=1S/C6H18O2Si2/c1-4-7-9-6(3)10-8-5-2/h6H,4-5,9-10H2,1-3H3. The molecule has 2 nitrogen and oxygen atoms in total. The summed E-state index contributed by atoms with van der Waals surface area (Å²) >= 11 is 0. The van der Waals surface area contributed by atoms with Gasteiger partial charge in [-0.15, -0.1) is 0 Å². The highest BCUT2D eigenvalue weighted by Crippen LogP contribution is 1.98. The molecule has 0 aliphatic rings. The molecule has 0 fully saturated rings. The van der Waals surface area contributed by atoms with E-state index in [1.165, 1.54) is 0 Å². The van der Waals surface area contributed by atoms with E-state index >= 15 is 0 Å². The number of hydrogen-bond donors (Lipinski definition) is 0. The molecule has 0 bridgehead atoms. The summed E-state index contributed by atoms with van der Waals surface area (Å²) < 4.78 is 10.8. The van der Waals surface area contributed by atoms with Crippen LogP contribution in [-0.4, -0.2) is 32.7 Å². The fourth-order valence-electron chi connectivity index (χ4n) is 0.686. The van der Waals surface area contributed by atoms with Gasteiger partial charge in [-0.05, 0) is 19.0 Å². The van der Waals surface area contributed by atoms with Gasteiger partial charge in [-0.3, -0.25) is 0 Å². The molecule has 0 saturated heterocycles. The smallest absolute Gasteiger partial charge is 0.163 e. The minimum Gasteiger partial charge on any atom is -0.424 e. The molecule has 0 aliphatic heterocycles. The summed E-state index contributed by atoms with van der Waals surface area (Å²) in [6.07, 6.45) is 0. The number of hydrogen-bond acceptors (Lipinski definition) is 2. The Bertz CT molecular complexity index is 62.8. The first-order valence-corrected chi connectivity index (χ1v) is 6.75. The molecule has 0 amide bonds. The summed E-state index contributed by atoms with van der Waals surface area (Å²) in [6.45, 7) is 8.14. The average Bonchev–Trinajstić information content (AvgIpc) is 1.97. The lowest BCUT2D eigenvalue weighted by molar-refractivity contribution is 0.343. The summed E-state index contributed by atoms with van der Waals surface area (Å²) in [7, 11) is -0.496. The zero-order chi connectivity index (χ0) is 7.82. The Balaban J connectivity index is 3.00. The van der Waals surface area contributed by atoms with Crippen molar-refractivity contribution in [1.82, 2.24) is 0 Å². The Kier molecular flexibility index (Phi) is 7.72. The van der Waals surface area contributed by atoms with Crippen LogP contribution in [0.2, 0.25) is 5.16 Å². The summed E-state index contributed by atoms with van der Waals surface area (Å²) in [4.78, 5) is 0. The van der Waals surface area contributed by atoms with E-state index in [-0.39, 0.29) is 19.5 Å². The van der Waals surface area contributed by atoms with Crippen LogP contribution in [0.4, 0.5) is 0 Å². The molecule has 0 rings (SSSR count). The van der Waals surface area contributed by atoms with Gasteiger partial charge in [0.1, 0.15) is 0 Å². The molecule has 0 radical (unpaired) electrons. The second-order valence-electron chi connectivity index (χ2n) is 2.42. The molecule has 0 unspecified atom stereocenters. The van der Waals surface area contributed by atoms with Crippen LogP contribution in [0.15, 0.2) is 0 Å². The lowest BCUT2D eigenvalue weighted by atomic mass is 10.9. The van der Waals surface area contributed by atoms with Crippen molar-refractivity contribution in [3.05, 3.63) is 0 Å². The maximum atomic E-state index is 5.39. The molecule has 10 heavy (non-hydrogen) atoms. The van der Waals surface area contributed by atoms with Crippen LogP contribution in [0.3, 0.4) is 0 Å².